The van der Waals surface area contributed by atoms with Gasteiger partial charge in [0, 0.05) is 40.1 Å². The largest absolute Gasteiger partial charge is 0.256 e. The van der Waals surface area contributed by atoms with Crippen molar-refractivity contribution >= 4 is 0 Å². The van der Waals surface area contributed by atoms with Gasteiger partial charge in [-0.05, 0) is 134 Å². The molecule has 0 bridgehead atoms. The topological polar surface area (TPSA) is 25.8 Å². The van der Waals surface area contributed by atoms with Crippen LogP contribution < -0.4 is 0 Å². The van der Waals surface area contributed by atoms with Gasteiger partial charge in [-0.3, -0.25) is 9.97 Å². The predicted octanol–water partition coefficient (Wildman–Crippen LogP) is 17.6. The van der Waals surface area contributed by atoms with Gasteiger partial charge in [0.15, 0.2) is 0 Å². The first-order valence-electron chi connectivity index (χ1n) is 25.0. The first-order chi connectivity index (χ1) is 30.5. The fourth-order valence-corrected chi connectivity index (χ4v) is 13.1. The predicted molar refractivity (Wildman–Crippen MR) is 279 cm³/mol. The third-order valence-electron chi connectivity index (χ3n) is 19.2. The quantitative estimate of drug-likeness (QED) is 0.115. The second-order valence-corrected chi connectivity index (χ2v) is 23.2. The minimum absolute atomic E-state index is 0.0346. The Hall–Kier alpha value is -4.82. The van der Waals surface area contributed by atoms with Crippen LogP contribution in [0.25, 0.3) is 44.8 Å². The van der Waals surface area contributed by atoms with E-state index in [2.05, 4.69) is 220 Å². The molecule has 2 aliphatic rings. The molecule has 2 heterocycles. The summed E-state index contributed by atoms with van der Waals surface area (Å²) in [5.74, 6) is 0. The Morgan fingerprint density at radius 1 is 0.462 bits per heavy atom. The number of nitrogens with zero attached hydrogens (tertiary/aromatic N) is 2. The number of fused-ring (bicyclic) bond motifs is 2. The Kier molecular flexibility index (Phi) is 11.6. The van der Waals surface area contributed by atoms with E-state index in [4.69, 9.17) is 9.97 Å². The maximum atomic E-state index is 5.30. The van der Waals surface area contributed by atoms with E-state index in [0.29, 0.717) is 0 Å². The number of rotatable bonds is 12. The summed E-state index contributed by atoms with van der Waals surface area (Å²) >= 11 is 0. The van der Waals surface area contributed by atoms with E-state index in [-0.39, 0.29) is 37.9 Å². The molecule has 1 unspecified atom stereocenters. The molecule has 0 saturated heterocycles. The average Bonchev–Trinajstić information content (AvgIpc) is 3.47. The van der Waals surface area contributed by atoms with Crippen molar-refractivity contribution in [3.63, 3.8) is 0 Å². The molecule has 8 rings (SSSR count). The molecule has 1 atom stereocenters. The average molecular weight is 863 g/mol. The second kappa shape index (κ2) is 16.2. The molecule has 2 aromatic heterocycles. The lowest BCUT2D eigenvalue weighted by Gasteiger charge is -2.48. The first kappa shape index (κ1) is 46.7. The van der Waals surface area contributed by atoms with Gasteiger partial charge < -0.3 is 0 Å². The molecule has 6 aromatic rings. The molecular weight excluding hydrogens is 785 g/mol. The maximum absolute atomic E-state index is 5.30. The number of benzene rings is 4. The molecule has 0 fully saturated rings. The van der Waals surface area contributed by atoms with Crippen molar-refractivity contribution in [1.82, 2.24) is 9.97 Å². The van der Waals surface area contributed by atoms with E-state index in [1.807, 2.05) is 0 Å². The molecule has 2 heteroatoms. The number of aromatic nitrogens is 2. The molecule has 2 aliphatic carbocycles. The summed E-state index contributed by atoms with van der Waals surface area (Å²) in [6, 6.07) is 37.5. The molecular formula is C63H78N2. The summed E-state index contributed by atoms with van der Waals surface area (Å²) in [5, 5.41) is 0. The second-order valence-electron chi connectivity index (χ2n) is 23.2. The third kappa shape index (κ3) is 6.92. The lowest BCUT2D eigenvalue weighted by Crippen LogP contribution is -2.45. The van der Waals surface area contributed by atoms with Crippen molar-refractivity contribution in [2.45, 2.75) is 176 Å². The van der Waals surface area contributed by atoms with Crippen LogP contribution in [0.3, 0.4) is 0 Å². The van der Waals surface area contributed by atoms with Gasteiger partial charge in [0.05, 0.1) is 11.4 Å². The fraction of sp³-hybridized carbons (Fsp3) is 0.460. The van der Waals surface area contributed by atoms with E-state index in [1.54, 1.807) is 0 Å². The summed E-state index contributed by atoms with van der Waals surface area (Å²) in [4.78, 5) is 10.5. The van der Waals surface area contributed by atoms with E-state index in [9.17, 15) is 0 Å². The van der Waals surface area contributed by atoms with Crippen molar-refractivity contribution in [3.05, 3.63) is 154 Å². The Balaban J connectivity index is 1.23. The van der Waals surface area contributed by atoms with Crippen LogP contribution in [-0.2, 0) is 27.1 Å². The smallest absolute Gasteiger partial charge is 0.0702 e. The van der Waals surface area contributed by atoms with Crippen molar-refractivity contribution < 1.29 is 0 Å². The monoisotopic (exact) mass is 863 g/mol. The molecule has 0 radical (unpaired) electrons. The van der Waals surface area contributed by atoms with Crippen LogP contribution in [0.2, 0.25) is 0 Å². The zero-order valence-corrected chi connectivity index (χ0v) is 43.0. The summed E-state index contributed by atoms with van der Waals surface area (Å²) in [7, 11) is 0. The number of unbranched alkanes of at least 4 members (excludes halogenated alkanes) is 2. The zero-order chi connectivity index (χ0) is 47.1. The Bertz CT molecular complexity index is 2710. The van der Waals surface area contributed by atoms with Gasteiger partial charge in [0.2, 0.25) is 0 Å². The normalized spacial score (nSPS) is 19.8. The number of pyridine rings is 2. The van der Waals surface area contributed by atoms with Gasteiger partial charge >= 0.3 is 0 Å². The Morgan fingerprint density at radius 2 is 0.908 bits per heavy atom. The lowest BCUT2D eigenvalue weighted by atomic mass is 9.56. The van der Waals surface area contributed by atoms with Crippen LogP contribution in [0.1, 0.15) is 180 Å². The Labute approximate surface area is 394 Å². The van der Waals surface area contributed by atoms with E-state index < -0.39 is 0 Å². The molecule has 0 saturated carbocycles. The SMILES string of the molecule is CCCCCC1(C)C(C)(C)c2ccc(-c3ccc(-c4cccc(-c5ccc(-c6ccc7c(c6)C(C)(C)C(C)(C)C7(C)C)nc5)c4C(CC)(CC)c4cc(C)cc(C)c4)cn3)cc2C1(C)C. The highest BCUT2D eigenvalue weighted by atomic mass is 14.7. The van der Waals surface area contributed by atoms with Gasteiger partial charge in [-0.1, -0.05) is 200 Å². The third-order valence-corrected chi connectivity index (χ3v) is 19.2. The molecule has 65 heavy (non-hydrogen) atoms. The first-order valence-corrected chi connectivity index (χ1v) is 25.0. The van der Waals surface area contributed by atoms with Crippen molar-refractivity contribution in [1.29, 1.82) is 0 Å². The van der Waals surface area contributed by atoms with Gasteiger partial charge in [-0.25, -0.2) is 0 Å². The highest BCUT2D eigenvalue weighted by molar-refractivity contribution is 5.82. The minimum Gasteiger partial charge on any atom is -0.256 e. The van der Waals surface area contributed by atoms with Gasteiger partial charge in [0.1, 0.15) is 0 Å². The molecule has 0 aliphatic heterocycles. The summed E-state index contributed by atoms with van der Waals surface area (Å²) in [6.45, 7) is 38.5. The van der Waals surface area contributed by atoms with Gasteiger partial charge in [-0.2, -0.15) is 0 Å². The van der Waals surface area contributed by atoms with Crippen LogP contribution >= 0.6 is 0 Å². The van der Waals surface area contributed by atoms with Crippen molar-refractivity contribution in [2.24, 2.45) is 10.8 Å². The van der Waals surface area contributed by atoms with Crippen LogP contribution in [0.4, 0.5) is 0 Å². The highest BCUT2D eigenvalue weighted by Gasteiger charge is 2.59. The number of hydrogen-bond acceptors (Lipinski definition) is 2. The lowest BCUT2D eigenvalue weighted by molar-refractivity contribution is 0.0840. The zero-order valence-electron chi connectivity index (χ0n) is 43.0. The molecule has 340 valence electrons. The Morgan fingerprint density at radius 3 is 1.37 bits per heavy atom. The van der Waals surface area contributed by atoms with E-state index in [1.165, 1.54) is 92.4 Å². The summed E-state index contributed by atoms with van der Waals surface area (Å²) < 4.78 is 0. The fourth-order valence-electron chi connectivity index (χ4n) is 13.1. The van der Waals surface area contributed by atoms with E-state index >= 15 is 0 Å². The molecule has 0 N–H and O–H groups in total. The molecule has 0 spiro atoms. The van der Waals surface area contributed by atoms with Crippen LogP contribution in [0.15, 0.2) is 109 Å². The number of hydrogen-bond donors (Lipinski definition) is 0. The van der Waals surface area contributed by atoms with Crippen LogP contribution in [0.5, 0.6) is 0 Å². The number of aryl methyl sites for hydroxylation is 2. The van der Waals surface area contributed by atoms with E-state index in [0.717, 1.165) is 35.4 Å². The van der Waals surface area contributed by atoms with Gasteiger partial charge in [0.25, 0.3) is 0 Å². The summed E-state index contributed by atoms with van der Waals surface area (Å²) in [5.41, 5.74) is 20.7. The van der Waals surface area contributed by atoms with Crippen LogP contribution in [-0.4, -0.2) is 9.97 Å². The van der Waals surface area contributed by atoms with Gasteiger partial charge in [-0.15, -0.1) is 0 Å². The standard InChI is InChI=1S/C63H78N2/c1-17-20-21-33-62(16)59(10,11)51-30-26-44(38-53(51)60(62,12)13)55-32-28-46(40-65-55)49-24-22-23-48(56(49)63(18-2,19-3)47-35-41(4)34-42(5)36-47)45-27-31-54(64-39-45)43-25-29-50-52(37-43)58(8,9)61(14,15)57(50,6)7/h22-32,34-40H,17-21,33H2,1-16H3. The summed E-state index contributed by atoms with van der Waals surface area (Å²) in [6.07, 6.45) is 11.2. The molecule has 0 amide bonds. The van der Waals surface area contributed by atoms with Crippen molar-refractivity contribution in [3.8, 4) is 44.8 Å². The minimum atomic E-state index is -0.243. The van der Waals surface area contributed by atoms with Crippen molar-refractivity contribution in [2.75, 3.05) is 0 Å². The highest BCUT2D eigenvalue weighted by Crippen LogP contribution is 2.65. The maximum Gasteiger partial charge on any atom is 0.0702 e. The molecule has 4 aromatic carbocycles. The molecule has 2 nitrogen and oxygen atoms in total. The van der Waals surface area contributed by atoms with Crippen LogP contribution in [0, 0.1) is 24.7 Å².